The summed E-state index contributed by atoms with van der Waals surface area (Å²) in [6.07, 6.45) is 4.29. The first-order valence-electron chi connectivity index (χ1n) is 14.0. The number of likely N-dealkylation sites (N-methyl/N-ethyl adjacent to an activating group) is 1. The Balaban J connectivity index is 1.30. The molecule has 0 saturated carbocycles. The standard InChI is InChI=1S/C32H34ClFN4O3/c1-32(24-5-7-25(33)8-6-24)21-38(20-29(32)36(2)31(40)41-28-13-9-26(34)10-14-28)30(39)23-15-17-37(18-16-23)27-11-3-22(19-35)4-12-27/h3-9,11-13,23,29H,10,14-18,20-21H2,1-2H3/t29-,32+/m1/s1. The molecule has 1 aliphatic carbocycles. The summed E-state index contributed by atoms with van der Waals surface area (Å²) in [5.74, 6) is 0.186. The Bertz CT molecular complexity index is 1390. The van der Waals surface area contributed by atoms with Gasteiger partial charge in [0.05, 0.1) is 17.7 Å². The van der Waals surface area contributed by atoms with Gasteiger partial charge in [0.1, 0.15) is 11.6 Å². The fraction of sp³-hybridized carbons (Fsp3) is 0.406. The smallest absolute Gasteiger partial charge is 0.414 e. The molecule has 2 aromatic rings. The third-order valence-electron chi connectivity index (χ3n) is 8.70. The monoisotopic (exact) mass is 576 g/mol. The summed E-state index contributed by atoms with van der Waals surface area (Å²) in [4.78, 5) is 32.8. The van der Waals surface area contributed by atoms with Crippen LogP contribution in [0.4, 0.5) is 14.9 Å². The minimum absolute atomic E-state index is 0.101. The van der Waals surface area contributed by atoms with Crippen molar-refractivity contribution in [1.29, 1.82) is 5.26 Å². The van der Waals surface area contributed by atoms with Crippen molar-refractivity contribution in [2.45, 2.75) is 44.1 Å². The van der Waals surface area contributed by atoms with Crippen molar-refractivity contribution in [3.05, 3.63) is 88.4 Å². The number of halogens is 2. The van der Waals surface area contributed by atoms with Gasteiger partial charge in [0.15, 0.2) is 0 Å². The molecule has 0 bridgehead atoms. The van der Waals surface area contributed by atoms with Crippen LogP contribution in [-0.4, -0.2) is 61.1 Å². The topological polar surface area (TPSA) is 76.9 Å². The summed E-state index contributed by atoms with van der Waals surface area (Å²) in [5, 5.41) is 9.69. The summed E-state index contributed by atoms with van der Waals surface area (Å²) in [7, 11) is 1.70. The van der Waals surface area contributed by atoms with Crippen LogP contribution in [0.1, 0.15) is 43.7 Å². The van der Waals surface area contributed by atoms with Gasteiger partial charge in [0, 0.05) is 68.1 Å². The number of piperidine rings is 1. The van der Waals surface area contributed by atoms with Crippen LogP contribution in [0.2, 0.25) is 5.02 Å². The lowest BCUT2D eigenvalue weighted by Crippen LogP contribution is -2.49. The van der Waals surface area contributed by atoms with E-state index in [0.717, 1.165) is 37.2 Å². The van der Waals surface area contributed by atoms with E-state index in [9.17, 15) is 14.0 Å². The predicted molar refractivity (Wildman–Crippen MR) is 156 cm³/mol. The number of carbonyl (C=O) groups is 2. The van der Waals surface area contributed by atoms with Gasteiger partial charge in [-0.25, -0.2) is 9.18 Å². The fourth-order valence-electron chi connectivity index (χ4n) is 6.19. The molecule has 2 saturated heterocycles. The Kier molecular flexibility index (Phi) is 8.37. The maximum absolute atomic E-state index is 13.9. The average molecular weight is 577 g/mol. The van der Waals surface area contributed by atoms with E-state index in [1.54, 1.807) is 11.9 Å². The fourth-order valence-corrected chi connectivity index (χ4v) is 6.31. The Morgan fingerprint density at radius 3 is 2.37 bits per heavy atom. The molecule has 0 radical (unpaired) electrons. The van der Waals surface area contributed by atoms with E-state index in [1.165, 1.54) is 12.2 Å². The van der Waals surface area contributed by atoms with Crippen LogP contribution in [0.5, 0.6) is 0 Å². The maximum Gasteiger partial charge on any atom is 0.414 e. The number of ether oxygens (including phenoxy) is 1. The third kappa shape index (κ3) is 6.11. The van der Waals surface area contributed by atoms with Gasteiger partial charge < -0.3 is 19.4 Å². The molecule has 0 aromatic heterocycles. The summed E-state index contributed by atoms with van der Waals surface area (Å²) in [6.45, 7) is 4.42. The number of hydrogen-bond donors (Lipinski definition) is 0. The Morgan fingerprint density at radius 2 is 1.76 bits per heavy atom. The second-order valence-corrected chi connectivity index (χ2v) is 11.7. The zero-order chi connectivity index (χ0) is 29.1. The van der Waals surface area contributed by atoms with E-state index >= 15 is 0 Å². The van der Waals surface area contributed by atoms with Gasteiger partial charge in [-0.05, 0) is 67.0 Å². The van der Waals surface area contributed by atoms with E-state index < -0.39 is 11.5 Å². The van der Waals surface area contributed by atoms with Crippen LogP contribution in [-0.2, 0) is 14.9 Å². The number of nitrogens with zero attached hydrogens (tertiary/aromatic N) is 4. The predicted octanol–water partition coefficient (Wildman–Crippen LogP) is 6.20. The molecule has 2 atom stereocenters. The molecule has 2 heterocycles. The highest BCUT2D eigenvalue weighted by Crippen LogP contribution is 2.39. The van der Waals surface area contributed by atoms with Gasteiger partial charge in [-0.15, -0.1) is 0 Å². The van der Waals surface area contributed by atoms with E-state index in [4.69, 9.17) is 21.6 Å². The summed E-state index contributed by atoms with van der Waals surface area (Å²) >= 11 is 6.18. The maximum atomic E-state index is 13.9. The largest absolute Gasteiger partial charge is 0.415 e. The average Bonchev–Trinajstić information content (AvgIpc) is 3.36. The normalized spacial score (nSPS) is 23.0. The van der Waals surface area contributed by atoms with Crippen LogP contribution in [0, 0.1) is 17.2 Å². The number of nitriles is 1. The number of rotatable bonds is 5. The molecule has 214 valence electrons. The van der Waals surface area contributed by atoms with E-state index in [1.807, 2.05) is 53.4 Å². The minimum Gasteiger partial charge on any atom is -0.415 e. The molecular weight excluding hydrogens is 543 g/mol. The Morgan fingerprint density at radius 1 is 1.07 bits per heavy atom. The van der Waals surface area contributed by atoms with Crippen molar-refractivity contribution >= 4 is 29.3 Å². The van der Waals surface area contributed by atoms with E-state index in [2.05, 4.69) is 17.9 Å². The number of allylic oxidation sites excluding steroid dienone is 4. The molecule has 9 heteroatoms. The van der Waals surface area contributed by atoms with Crippen LogP contribution in [0.3, 0.4) is 0 Å². The lowest BCUT2D eigenvalue weighted by atomic mass is 9.77. The number of hydrogen-bond acceptors (Lipinski definition) is 5. The van der Waals surface area contributed by atoms with Gasteiger partial charge in [-0.3, -0.25) is 4.79 Å². The first kappa shape index (κ1) is 28.7. The van der Waals surface area contributed by atoms with E-state index in [0.29, 0.717) is 35.9 Å². The van der Waals surface area contributed by atoms with Gasteiger partial charge in [0.25, 0.3) is 0 Å². The van der Waals surface area contributed by atoms with Crippen molar-refractivity contribution in [2.75, 3.05) is 38.1 Å². The second-order valence-electron chi connectivity index (χ2n) is 11.3. The SMILES string of the molecule is CN(C(=O)OC1=CC=C(F)CC1)[C@@H]1CN(C(=O)C2CCN(c3ccc(C#N)cc3)CC2)C[C@@]1(C)c1ccc(Cl)cc1. The summed E-state index contributed by atoms with van der Waals surface area (Å²) in [5.41, 5.74) is 2.11. The third-order valence-corrected chi connectivity index (χ3v) is 8.96. The van der Waals surface area contributed by atoms with Gasteiger partial charge in [-0.2, -0.15) is 5.26 Å². The van der Waals surface area contributed by atoms with Crippen molar-refractivity contribution in [3.63, 3.8) is 0 Å². The van der Waals surface area contributed by atoms with Crippen LogP contribution in [0.25, 0.3) is 0 Å². The number of amides is 2. The molecule has 5 rings (SSSR count). The molecule has 0 N–H and O–H groups in total. The first-order chi connectivity index (χ1) is 19.7. The zero-order valence-electron chi connectivity index (χ0n) is 23.4. The number of likely N-dealkylation sites (tertiary alicyclic amines) is 1. The second kappa shape index (κ2) is 12.0. The highest BCUT2D eigenvalue weighted by atomic mass is 35.5. The molecule has 2 fully saturated rings. The molecule has 7 nitrogen and oxygen atoms in total. The van der Waals surface area contributed by atoms with Crippen LogP contribution >= 0.6 is 11.6 Å². The van der Waals surface area contributed by atoms with Crippen molar-refractivity contribution in [1.82, 2.24) is 9.80 Å². The Labute approximate surface area is 245 Å². The van der Waals surface area contributed by atoms with Crippen molar-refractivity contribution in [2.24, 2.45) is 5.92 Å². The molecule has 2 amide bonds. The molecule has 41 heavy (non-hydrogen) atoms. The number of anilines is 1. The number of carbonyl (C=O) groups excluding carboxylic acids is 2. The quantitative estimate of drug-likeness (QED) is 0.424. The lowest BCUT2D eigenvalue weighted by Gasteiger charge is -2.36. The highest BCUT2D eigenvalue weighted by Gasteiger charge is 2.50. The van der Waals surface area contributed by atoms with Crippen LogP contribution in [0.15, 0.2) is 72.3 Å². The number of benzene rings is 2. The minimum atomic E-state index is -0.551. The molecule has 2 aromatic carbocycles. The van der Waals surface area contributed by atoms with Crippen LogP contribution < -0.4 is 4.90 Å². The van der Waals surface area contributed by atoms with E-state index in [-0.39, 0.29) is 30.1 Å². The van der Waals surface area contributed by atoms with Gasteiger partial charge >= 0.3 is 6.09 Å². The molecule has 3 aliphatic rings. The highest BCUT2D eigenvalue weighted by molar-refractivity contribution is 6.30. The van der Waals surface area contributed by atoms with Crippen molar-refractivity contribution in [3.8, 4) is 6.07 Å². The molecule has 2 aliphatic heterocycles. The first-order valence-corrected chi connectivity index (χ1v) is 14.4. The molecular formula is C32H34ClFN4O3. The van der Waals surface area contributed by atoms with Crippen molar-refractivity contribution < 1.29 is 18.7 Å². The lowest BCUT2D eigenvalue weighted by molar-refractivity contribution is -0.135. The summed E-state index contributed by atoms with van der Waals surface area (Å²) < 4.78 is 19.1. The molecule has 0 spiro atoms. The summed E-state index contributed by atoms with van der Waals surface area (Å²) in [6, 6.07) is 16.9. The van der Waals surface area contributed by atoms with Gasteiger partial charge in [-0.1, -0.05) is 30.7 Å². The Hall–Kier alpha value is -3.83. The molecule has 0 unspecified atom stereocenters. The van der Waals surface area contributed by atoms with Gasteiger partial charge in [0.2, 0.25) is 5.91 Å². The zero-order valence-corrected chi connectivity index (χ0v) is 24.1.